The molecule has 0 amide bonds. The SMILES string of the molecule is [2H]c1c([2H])c([2H])c(-c2ccnc(-c3cc(-c4cccc5c4nc(-c4ccccc4O)n5-c4ccc(-c5ccccc5)c(C(C)(C)C)c4)cc(C(C)(C)C)c3)c2)c([2H])c1[2H]. The number of aromatic nitrogens is 3. The highest BCUT2D eigenvalue weighted by atomic mass is 16.3. The van der Waals surface area contributed by atoms with Crippen molar-refractivity contribution < 1.29 is 12.0 Å². The maximum Gasteiger partial charge on any atom is 0.149 e. The number of phenolic OH excluding ortho intramolecular Hbond substituents is 1. The fraction of sp³-hybridized carbons (Fsp3) is 0.160. The molecule has 2 heterocycles. The van der Waals surface area contributed by atoms with Crippen molar-refractivity contribution >= 4 is 11.0 Å². The third-order valence-electron chi connectivity index (χ3n) is 9.94. The Balaban J connectivity index is 1.36. The Morgan fingerprint density at radius 1 is 0.574 bits per heavy atom. The molecule has 266 valence electrons. The Bertz CT molecular complexity index is 2890. The molecule has 0 aliphatic heterocycles. The molecule has 0 unspecified atom stereocenters. The standard InChI is InChI=1S/C50H45N3O/c1-49(2,3)38-29-36(28-37(30-38)44-31-35(26-27-51-44)33-16-9-7-10-17-33)41-21-15-22-45-47(41)52-48(42-20-13-14-23-46(42)54)53(45)39-24-25-40(34-18-11-8-12-19-34)43(32-39)50(4,5)6/h7-32,54H,1-6H3/i7D,9D,10D,16D,17D. The van der Waals surface area contributed by atoms with Crippen LogP contribution in [0.15, 0.2) is 158 Å². The first-order valence-electron chi connectivity index (χ1n) is 20.7. The third-order valence-corrected chi connectivity index (χ3v) is 9.94. The molecule has 0 fully saturated rings. The number of benzene rings is 6. The van der Waals surface area contributed by atoms with E-state index in [1.54, 1.807) is 24.4 Å². The van der Waals surface area contributed by atoms with Gasteiger partial charge in [0.15, 0.2) is 0 Å². The van der Waals surface area contributed by atoms with Crippen LogP contribution in [0.1, 0.15) is 59.5 Å². The molecule has 0 radical (unpaired) electrons. The number of aromatic hydroxyl groups is 1. The second-order valence-electron chi connectivity index (χ2n) is 15.8. The van der Waals surface area contributed by atoms with Gasteiger partial charge in [0.25, 0.3) is 0 Å². The maximum absolute atomic E-state index is 11.3. The van der Waals surface area contributed by atoms with Gasteiger partial charge in [-0.15, -0.1) is 0 Å². The van der Waals surface area contributed by atoms with E-state index in [4.69, 9.17) is 16.8 Å². The fourth-order valence-electron chi connectivity index (χ4n) is 7.10. The summed E-state index contributed by atoms with van der Waals surface area (Å²) in [6, 6.07) is 38.5. The van der Waals surface area contributed by atoms with E-state index < -0.39 is 6.04 Å². The zero-order chi connectivity index (χ0) is 42.0. The van der Waals surface area contributed by atoms with Gasteiger partial charge in [0, 0.05) is 23.0 Å². The highest BCUT2D eigenvalue weighted by Crippen LogP contribution is 2.42. The first-order valence-corrected chi connectivity index (χ1v) is 18.2. The van der Waals surface area contributed by atoms with Gasteiger partial charge in [-0.25, -0.2) is 4.98 Å². The molecular weight excluding hydrogens is 659 g/mol. The normalized spacial score (nSPS) is 13.3. The summed E-state index contributed by atoms with van der Waals surface area (Å²) in [6.45, 7) is 13.1. The zero-order valence-corrected chi connectivity index (χ0v) is 31.4. The van der Waals surface area contributed by atoms with Crippen LogP contribution in [0, 0.1) is 0 Å². The highest BCUT2D eigenvalue weighted by molar-refractivity contribution is 5.97. The van der Waals surface area contributed by atoms with Gasteiger partial charge >= 0.3 is 0 Å². The number of para-hydroxylation sites is 2. The van der Waals surface area contributed by atoms with Crippen LogP contribution in [-0.4, -0.2) is 19.6 Å². The summed E-state index contributed by atoms with van der Waals surface area (Å²) in [5, 5.41) is 11.3. The van der Waals surface area contributed by atoms with Crippen LogP contribution in [0.4, 0.5) is 0 Å². The Kier molecular flexibility index (Phi) is 7.37. The Morgan fingerprint density at radius 3 is 2.04 bits per heavy atom. The lowest BCUT2D eigenvalue weighted by atomic mass is 9.81. The van der Waals surface area contributed by atoms with Crippen LogP contribution in [0.3, 0.4) is 0 Å². The topological polar surface area (TPSA) is 50.9 Å². The van der Waals surface area contributed by atoms with E-state index >= 15 is 0 Å². The lowest BCUT2D eigenvalue weighted by Crippen LogP contribution is -2.14. The predicted molar refractivity (Wildman–Crippen MR) is 225 cm³/mol. The molecule has 8 aromatic rings. The molecule has 1 N–H and O–H groups in total. The second-order valence-corrected chi connectivity index (χ2v) is 15.8. The lowest BCUT2D eigenvalue weighted by molar-refractivity contribution is 0.477. The van der Waals surface area contributed by atoms with Crippen molar-refractivity contribution in [1.29, 1.82) is 0 Å². The molecule has 0 spiro atoms. The molecule has 6 aromatic carbocycles. The Hall–Kier alpha value is -6.26. The molecule has 4 heteroatoms. The quantitative estimate of drug-likeness (QED) is 0.187. The number of imidazole rings is 1. The minimum Gasteiger partial charge on any atom is -0.507 e. The Morgan fingerprint density at radius 2 is 1.30 bits per heavy atom. The summed E-state index contributed by atoms with van der Waals surface area (Å²) in [4.78, 5) is 10.1. The summed E-state index contributed by atoms with van der Waals surface area (Å²) in [7, 11) is 0. The van der Waals surface area contributed by atoms with Gasteiger partial charge in [0.2, 0.25) is 0 Å². The summed E-state index contributed by atoms with van der Waals surface area (Å²) in [5.41, 5.74) is 11.1. The van der Waals surface area contributed by atoms with Gasteiger partial charge < -0.3 is 5.11 Å². The van der Waals surface area contributed by atoms with Gasteiger partial charge in [-0.1, -0.05) is 138 Å². The number of pyridine rings is 1. The highest BCUT2D eigenvalue weighted by Gasteiger charge is 2.25. The van der Waals surface area contributed by atoms with Crippen molar-refractivity contribution in [2.75, 3.05) is 0 Å². The summed E-state index contributed by atoms with van der Waals surface area (Å²) in [6.07, 6.45) is 1.62. The van der Waals surface area contributed by atoms with Gasteiger partial charge in [-0.05, 0) is 104 Å². The molecule has 4 nitrogen and oxygen atoms in total. The van der Waals surface area contributed by atoms with Crippen molar-refractivity contribution in [3.05, 3.63) is 169 Å². The molecule has 0 aliphatic carbocycles. The van der Waals surface area contributed by atoms with E-state index in [1.807, 2.05) is 30.3 Å². The second kappa shape index (κ2) is 13.6. The summed E-state index contributed by atoms with van der Waals surface area (Å²) >= 11 is 0. The van der Waals surface area contributed by atoms with E-state index in [0.29, 0.717) is 22.6 Å². The first kappa shape index (κ1) is 29.2. The molecule has 8 rings (SSSR count). The van der Waals surface area contributed by atoms with Crippen LogP contribution in [0.5, 0.6) is 5.75 Å². The molecule has 0 saturated heterocycles. The van der Waals surface area contributed by atoms with E-state index in [2.05, 4.69) is 119 Å². The molecule has 0 aliphatic rings. The van der Waals surface area contributed by atoms with Crippen LogP contribution in [0.2, 0.25) is 0 Å². The fourth-order valence-corrected chi connectivity index (χ4v) is 7.10. The summed E-state index contributed by atoms with van der Waals surface area (Å²) < 4.78 is 44.0. The van der Waals surface area contributed by atoms with Crippen LogP contribution in [-0.2, 0) is 10.8 Å². The average molecular weight is 709 g/mol. The van der Waals surface area contributed by atoms with Crippen molar-refractivity contribution in [1.82, 2.24) is 14.5 Å². The van der Waals surface area contributed by atoms with Crippen LogP contribution in [0.25, 0.3) is 72.7 Å². The van der Waals surface area contributed by atoms with E-state index in [9.17, 15) is 5.11 Å². The van der Waals surface area contributed by atoms with Crippen molar-refractivity contribution in [3.8, 4) is 67.5 Å². The van der Waals surface area contributed by atoms with Crippen molar-refractivity contribution in [3.63, 3.8) is 0 Å². The smallest absolute Gasteiger partial charge is 0.149 e. The summed E-state index contributed by atoms with van der Waals surface area (Å²) in [5.74, 6) is 0.739. The zero-order valence-electron chi connectivity index (χ0n) is 36.4. The number of hydrogen-bond donors (Lipinski definition) is 1. The Labute approximate surface area is 325 Å². The van der Waals surface area contributed by atoms with E-state index in [1.165, 1.54) is 5.56 Å². The van der Waals surface area contributed by atoms with Crippen molar-refractivity contribution in [2.24, 2.45) is 0 Å². The van der Waals surface area contributed by atoms with Crippen LogP contribution < -0.4 is 0 Å². The van der Waals surface area contributed by atoms with E-state index in [0.717, 1.165) is 50.1 Å². The van der Waals surface area contributed by atoms with Gasteiger partial charge in [0.05, 0.1) is 29.1 Å². The minimum atomic E-state index is -0.429. The molecule has 2 aromatic heterocycles. The maximum atomic E-state index is 11.3. The predicted octanol–water partition coefficient (Wildman–Crippen LogP) is 13.1. The lowest BCUT2D eigenvalue weighted by Gasteiger charge is -2.25. The van der Waals surface area contributed by atoms with Crippen LogP contribution >= 0.6 is 0 Å². The minimum absolute atomic E-state index is 0.129. The monoisotopic (exact) mass is 708 g/mol. The molecule has 0 bridgehead atoms. The number of hydrogen-bond acceptors (Lipinski definition) is 3. The average Bonchev–Trinajstić information content (AvgIpc) is 3.61. The van der Waals surface area contributed by atoms with E-state index in [-0.39, 0.29) is 46.3 Å². The molecule has 54 heavy (non-hydrogen) atoms. The van der Waals surface area contributed by atoms with Gasteiger partial charge in [-0.2, -0.15) is 0 Å². The largest absolute Gasteiger partial charge is 0.507 e. The van der Waals surface area contributed by atoms with Gasteiger partial charge in [-0.3, -0.25) is 9.55 Å². The number of rotatable bonds is 6. The third kappa shape index (κ3) is 6.60. The molecular formula is C50H45N3O. The van der Waals surface area contributed by atoms with Crippen molar-refractivity contribution in [2.45, 2.75) is 52.4 Å². The first-order chi connectivity index (χ1) is 28.0. The number of nitrogens with zero attached hydrogens (tertiary/aromatic N) is 3. The number of fused-ring (bicyclic) bond motifs is 1. The molecule has 0 saturated carbocycles. The number of phenols is 1. The van der Waals surface area contributed by atoms with Gasteiger partial charge in [0.1, 0.15) is 11.6 Å². The molecule has 0 atom stereocenters.